The normalized spacial score (nSPS) is 20.5. The highest BCUT2D eigenvalue weighted by Crippen LogP contribution is 2.39. The highest BCUT2D eigenvalue weighted by Gasteiger charge is 2.42. The zero-order valence-corrected chi connectivity index (χ0v) is 35.4. The Balaban J connectivity index is 1.37. The lowest BCUT2D eigenvalue weighted by Crippen LogP contribution is -2.74. The molecule has 5 heteroatoms. The van der Waals surface area contributed by atoms with Crippen LogP contribution in [-0.2, 0) is 0 Å². The minimum atomic E-state index is -7.02. The van der Waals surface area contributed by atoms with Crippen LogP contribution in [-0.4, -0.2) is 27.2 Å². The second kappa shape index (κ2) is 16.8. The van der Waals surface area contributed by atoms with E-state index in [9.17, 15) is 34.3 Å². The fourth-order valence-electron chi connectivity index (χ4n) is 8.07. The molecule has 0 aliphatic carbocycles. The molecule has 0 radical (unpaired) electrons. The van der Waals surface area contributed by atoms with Crippen molar-refractivity contribution < 1.29 is 58.9 Å². The van der Waals surface area contributed by atoms with Crippen LogP contribution in [0, 0.1) is 0 Å². The number of aromatic nitrogens is 4. The first-order valence-corrected chi connectivity index (χ1v) is 22.1. The lowest BCUT2D eigenvalue weighted by Gasteiger charge is -2.35. The minimum Gasteiger partial charge on any atom is -0.294 e. The Labute approximate surface area is 462 Å². The first kappa shape index (κ1) is 15.8. The monoisotopic (exact) mass is 940 g/mol. The number of fused-ring (bicyclic) bond motifs is 6. The summed E-state index contributed by atoms with van der Waals surface area (Å²) >= 11 is 0. The predicted molar refractivity (Wildman–Crippen MR) is 291 cm³/mol. The van der Waals surface area contributed by atoms with Gasteiger partial charge in [-0.15, -0.1) is 0 Å². The van der Waals surface area contributed by atoms with Crippen LogP contribution < -0.4 is 20.7 Å². The lowest BCUT2D eigenvalue weighted by atomic mass is 9.99. The number of para-hydroxylation sites is 3. The van der Waals surface area contributed by atoms with Gasteiger partial charge in [-0.1, -0.05) is 236 Å². The zero-order chi connectivity index (χ0) is 83.1. The summed E-state index contributed by atoms with van der Waals surface area (Å²) in [6.07, 6.45) is 0. The Hall–Kier alpha value is -8.90. The van der Waals surface area contributed by atoms with Gasteiger partial charge in [0, 0.05) is 33.2 Å². The molecule has 0 fully saturated rings. The average molecular weight is 940 g/mol. The molecule has 0 spiro atoms. The molecule has 0 atom stereocenters. The van der Waals surface area contributed by atoms with Crippen LogP contribution in [0.15, 0.2) is 266 Å². The number of hydrogen-bond donors (Lipinski definition) is 0. The van der Waals surface area contributed by atoms with Crippen molar-refractivity contribution in [3.8, 4) is 45.3 Å². The molecule has 13 rings (SSSR count). The van der Waals surface area contributed by atoms with E-state index in [4.69, 9.17) is 34.6 Å². The lowest BCUT2D eigenvalue weighted by molar-refractivity contribution is 0.952. The molecule has 0 bridgehead atoms. The second-order valence-corrected chi connectivity index (χ2v) is 18.0. The van der Waals surface area contributed by atoms with Gasteiger partial charge in [-0.05, 0) is 67.2 Å². The molecule has 0 N–H and O–H groups in total. The maximum Gasteiger partial charge on any atom is 0.237 e. The maximum absolute atomic E-state index is 10.9. The molecule has 324 valence electrons. The van der Waals surface area contributed by atoms with Gasteiger partial charge in [0.2, 0.25) is 5.95 Å². The van der Waals surface area contributed by atoms with E-state index in [2.05, 4.69) is 0 Å². The van der Waals surface area contributed by atoms with Crippen LogP contribution in [0.4, 0.5) is 0 Å². The Kier molecular flexibility index (Phi) is 3.85. The number of nitrogens with zero attached hydrogens (tertiary/aromatic N) is 4. The van der Waals surface area contributed by atoms with Gasteiger partial charge in [0.15, 0.2) is 8.07 Å². The maximum atomic E-state index is 10.9. The van der Waals surface area contributed by atoms with Crippen LogP contribution >= 0.6 is 0 Å². The number of rotatable bonds is 9. The van der Waals surface area contributed by atoms with E-state index in [0.717, 1.165) is 0 Å². The summed E-state index contributed by atoms with van der Waals surface area (Å²) in [4.78, 5) is 9.46. The van der Waals surface area contributed by atoms with Gasteiger partial charge in [-0.25, -0.2) is 4.98 Å². The van der Waals surface area contributed by atoms with Crippen molar-refractivity contribution in [2.75, 3.05) is 0 Å². The number of hydrogen-bond acceptors (Lipinski definition) is 2. The SMILES string of the molecule is [2H]c1c([2H])c([2H])c(-c2c([2H])c([2H])c([2H])c([Si](c3c([2H])c([2H])c([2H])c([2H])c3[2H])(c3c([2H])c([2H])c([2H])c([2H])c3[2H])c3c([2H])c([2H])c([2H])c(-c4cc(-n5c6c([2H])c([2H])c([2H])c([2H])c6c6c([2H])c([2H])c([2H])c([2H])c65)nc(-n5c6c([2H])c([2H])c([2H])c([2H])c6c6c(-c7c([2H])c([2H])c([2H])c([2H])c7[2H])c([2H])c([2H])c([2H])c65)n4)c3[2H])c2[2H])c([2H])c1[2H]. The van der Waals surface area contributed by atoms with E-state index >= 15 is 0 Å². The van der Waals surface area contributed by atoms with E-state index in [0.29, 0.717) is 15.2 Å². The van der Waals surface area contributed by atoms with Crippen molar-refractivity contribution >= 4 is 72.4 Å². The summed E-state index contributed by atoms with van der Waals surface area (Å²) in [7, 11) is -7.02. The Morgan fingerprint density at radius 1 is 0.333 bits per heavy atom. The van der Waals surface area contributed by atoms with Crippen molar-refractivity contribution in [1.29, 1.82) is 0 Å². The fourth-order valence-corrected chi connectivity index (χ4v) is 11.7. The minimum absolute atomic E-state index is 0.553. The van der Waals surface area contributed by atoms with Crippen LogP contribution in [0.1, 0.15) is 58.9 Å². The standard InChI is InChI=1S/C64H44N4Si/c1-5-22-45(23-6-1)47-26-19-32-51(42-47)69(49-28-9-3-10-29-49,50-30-11-4-12-31-50)52-33-20-27-48(43-52)57-44-62(67-58-38-16-13-34-54(58)55-35-14-17-39-59(55)67)66-64(65-57)68-60-40-18-15-36-56(60)63-53(37-21-41-61(63)68)46-24-7-2-8-25-46/h1-44H/i1D,2D,3D,4D,5D,6D,7D,8D,9D,10D,11D,12D,13D,14D,15D,16D,17D,18D,19D,20D,21D,22D,23D,24D,25D,26D,27D,28D,29D,30D,31D,32D,33D,34D,35D,36D,37D,38D,39D,40D,41D,42D,43D. The molecule has 0 amide bonds. The molecule has 0 unspecified atom stereocenters. The highest BCUT2D eigenvalue weighted by atomic mass is 28.3. The quantitative estimate of drug-likeness (QED) is 0.107. The van der Waals surface area contributed by atoms with Crippen LogP contribution in [0.25, 0.3) is 88.9 Å². The van der Waals surface area contributed by atoms with Crippen LogP contribution in [0.3, 0.4) is 0 Å². The smallest absolute Gasteiger partial charge is 0.237 e. The fraction of sp³-hybridized carbons (Fsp3) is 0. The predicted octanol–water partition coefficient (Wildman–Crippen LogP) is 13.0. The van der Waals surface area contributed by atoms with Gasteiger partial charge in [0.25, 0.3) is 0 Å². The molecule has 0 aliphatic rings. The van der Waals surface area contributed by atoms with Gasteiger partial charge in [-0.2, -0.15) is 4.98 Å². The second-order valence-electron chi connectivity index (χ2n) is 14.5. The largest absolute Gasteiger partial charge is 0.294 e. The number of benzene rings is 10. The van der Waals surface area contributed by atoms with Crippen molar-refractivity contribution in [3.05, 3.63) is 266 Å². The molecule has 3 aromatic heterocycles. The van der Waals surface area contributed by atoms with Crippen molar-refractivity contribution in [2.24, 2.45) is 0 Å². The summed E-state index contributed by atoms with van der Waals surface area (Å²) < 4.78 is 404. The third-order valence-corrected chi connectivity index (χ3v) is 14.9. The Bertz CT molecular complexity index is 6360. The molecule has 69 heavy (non-hydrogen) atoms. The Morgan fingerprint density at radius 3 is 1.38 bits per heavy atom. The molecule has 13 aromatic rings. The summed E-state index contributed by atoms with van der Waals surface area (Å²) in [5.74, 6) is -2.24. The summed E-state index contributed by atoms with van der Waals surface area (Å²) in [6.45, 7) is 0. The van der Waals surface area contributed by atoms with Crippen molar-refractivity contribution in [2.45, 2.75) is 0 Å². The molecule has 10 aromatic carbocycles. The van der Waals surface area contributed by atoms with Gasteiger partial charge < -0.3 is 0 Å². The topological polar surface area (TPSA) is 35.6 Å². The van der Waals surface area contributed by atoms with Gasteiger partial charge in [-0.3, -0.25) is 9.13 Å². The van der Waals surface area contributed by atoms with Gasteiger partial charge in [0.05, 0.1) is 86.7 Å². The molecule has 0 aliphatic heterocycles. The molecular weight excluding hydrogens is 853 g/mol. The van der Waals surface area contributed by atoms with E-state index in [1.807, 2.05) is 0 Å². The van der Waals surface area contributed by atoms with Crippen LogP contribution in [0.5, 0.6) is 0 Å². The average Bonchev–Trinajstić information content (AvgIpc) is 0.966. The van der Waals surface area contributed by atoms with Gasteiger partial charge >= 0.3 is 0 Å². The van der Waals surface area contributed by atoms with E-state index in [1.54, 1.807) is 0 Å². The van der Waals surface area contributed by atoms with Crippen molar-refractivity contribution in [1.82, 2.24) is 19.1 Å². The van der Waals surface area contributed by atoms with Gasteiger partial charge in [0.1, 0.15) is 5.82 Å². The van der Waals surface area contributed by atoms with E-state index < -0.39 is 378 Å². The third-order valence-electron chi connectivity index (χ3n) is 10.9. The van der Waals surface area contributed by atoms with E-state index in [-0.39, 0.29) is 0 Å². The summed E-state index contributed by atoms with van der Waals surface area (Å²) in [5.41, 5.74) is -10.1. The van der Waals surface area contributed by atoms with Crippen LogP contribution in [0.2, 0.25) is 0 Å². The first-order chi connectivity index (χ1) is 52.1. The molecule has 0 saturated carbocycles. The Morgan fingerprint density at radius 2 is 0.768 bits per heavy atom. The van der Waals surface area contributed by atoms with E-state index in [1.165, 1.54) is 0 Å². The summed E-state index contributed by atoms with van der Waals surface area (Å²) in [6, 6.07) is -52.6. The summed E-state index contributed by atoms with van der Waals surface area (Å²) in [5, 5.41) is -8.68. The molecular formula is C64H44N4Si. The first-order valence-electron chi connectivity index (χ1n) is 41.6. The zero-order valence-electron chi connectivity index (χ0n) is 77.4. The third kappa shape index (κ3) is 6.66. The molecule has 4 nitrogen and oxygen atoms in total. The molecule has 0 saturated heterocycles. The van der Waals surface area contributed by atoms with Crippen molar-refractivity contribution in [3.63, 3.8) is 0 Å². The molecule has 3 heterocycles. The highest BCUT2D eigenvalue weighted by molar-refractivity contribution is 7.20.